The Morgan fingerprint density at radius 3 is 2.20 bits per heavy atom. The standard InChI is InChI=1S/C17H10Cl3NO3S/c18-12-6-13(19)8-15(7-12)25(23,24)21-14-3-4-16-10(5-14)1-2-11(9-22)17(16)20/h1-9,21H. The van der Waals surface area contributed by atoms with Crippen molar-refractivity contribution in [2.45, 2.75) is 4.90 Å². The molecule has 0 aliphatic carbocycles. The van der Waals surface area contributed by atoms with E-state index >= 15 is 0 Å². The molecule has 8 heteroatoms. The summed E-state index contributed by atoms with van der Waals surface area (Å²) in [6.45, 7) is 0. The molecule has 3 aromatic rings. The van der Waals surface area contributed by atoms with Crippen molar-refractivity contribution in [3.63, 3.8) is 0 Å². The molecule has 0 atom stereocenters. The van der Waals surface area contributed by atoms with Gasteiger partial charge in [-0.3, -0.25) is 9.52 Å². The van der Waals surface area contributed by atoms with Gasteiger partial charge >= 0.3 is 0 Å². The molecule has 0 fully saturated rings. The zero-order valence-electron chi connectivity index (χ0n) is 12.5. The Labute approximate surface area is 159 Å². The molecule has 0 spiro atoms. The van der Waals surface area contributed by atoms with Gasteiger partial charge in [-0.15, -0.1) is 0 Å². The van der Waals surface area contributed by atoms with E-state index in [2.05, 4.69) is 4.72 Å². The summed E-state index contributed by atoms with van der Waals surface area (Å²) in [4.78, 5) is 10.9. The van der Waals surface area contributed by atoms with Crippen molar-refractivity contribution in [1.82, 2.24) is 0 Å². The van der Waals surface area contributed by atoms with E-state index in [1.54, 1.807) is 30.3 Å². The largest absolute Gasteiger partial charge is 0.298 e. The average molecular weight is 415 g/mol. The third-order valence-electron chi connectivity index (χ3n) is 3.51. The maximum absolute atomic E-state index is 12.5. The maximum atomic E-state index is 12.5. The molecule has 128 valence electrons. The molecule has 0 saturated heterocycles. The van der Waals surface area contributed by atoms with Crippen LogP contribution < -0.4 is 4.72 Å². The summed E-state index contributed by atoms with van der Waals surface area (Å²) < 4.78 is 27.5. The van der Waals surface area contributed by atoms with E-state index < -0.39 is 10.0 Å². The summed E-state index contributed by atoms with van der Waals surface area (Å²) in [6.07, 6.45) is 0.668. The predicted molar refractivity (Wildman–Crippen MR) is 102 cm³/mol. The quantitative estimate of drug-likeness (QED) is 0.580. The summed E-state index contributed by atoms with van der Waals surface area (Å²) in [5, 5.41) is 2.11. The van der Waals surface area contributed by atoms with Gasteiger partial charge in [-0.2, -0.15) is 0 Å². The molecule has 0 saturated carbocycles. The van der Waals surface area contributed by atoms with Crippen molar-refractivity contribution in [2.75, 3.05) is 4.72 Å². The van der Waals surface area contributed by atoms with Gasteiger partial charge < -0.3 is 0 Å². The first kappa shape index (κ1) is 18.0. The first-order valence-corrected chi connectivity index (χ1v) is 9.58. The number of hydrogen-bond acceptors (Lipinski definition) is 3. The molecule has 25 heavy (non-hydrogen) atoms. The molecular weight excluding hydrogens is 405 g/mol. The van der Waals surface area contributed by atoms with Crippen molar-refractivity contribution in [3.8, 4) is 0 Å². The third-order valence-corrected chi connectivity index (χ3v) is 5.73. The normalized spacial score (nSPS) is 11.5. The number of carbonyl (C=O) groups excluding carboxylic acids is 1. The molecule has 0 aliphatic heterocycles. The number of nitrogens with one attached hydrogen (secondary N) is 1. The predicted octanol–water partition coefficient (Wildman–Crippen LogP) is 5.41. The van der Waals surface area contributed by atoms with E-state index in [0.29, 0.717) is 33.3 Å². The van der Waals surface area contributed by atoms with Crippen molar-refractivity contribution < 1.29 is 13.2 Å². The number of hydrogen-bond donors (Lipinski definition) is 1. The minimum absolute atomic E-state index is 0.0422. The van der Waals surface area contributed by atoms with Crippen molar-refractivity contribution in [2.24, 2.45) is 0 Å². The molecule has 3 aromatic carbocycles. The van der Waals surface area contributed by atoms with Crippen LogP contribution in [0.15, 0.2) is 53.4 Å². The number of carbonyl (C=O) groups is 1. The molecule has 0 heterocycles. The summed E-state index contributed by atoms with van der Waals surface area (Å²) in [7, 11) is -3.86. The van der Waals surface area contributed by atoms with Crippen LogP contribution in [0.1, 0.15) is 10.4 Å². The third kappa shape index (κ3) is 3.75. The Kier molecular flexibility index (Phi) is 4.93. The van der Waals surface area contributed by atoms with Crippen LogP contribution in [0.3, 0.4) is 0 Å². The minimum Gasteiger partial charge on any atom is -0.298 e. The minimum atomic E-state index is -3.86. The zero-order chi connectivity index (χ0) is 18.2. The van der Waals surface area contributed by atoms with Crippen molar-refractivity contribution >= 4 is 67.6 Å². The van der Waals surface area contributed by atoms with Crippen LogP contribution in [-0.2, 0) is 10.0 Å². The van der Waals surface area contributed by atoms with E-state index in [1.165, 1.54) is 18.2 Å². The summed E-state index contributed by atoms with van der Waals surface area (Å²) in [5.41, 5.74) is 0.717. The number of anilines is 1. The summed E-state index contributed by atoms with van der Waals surface area (Å²) in [6, 6.07) is 12.2. The lowest BCUT2D eigenvalue weighted by Crippen LogP contribution is -2.13. The first-order valence-electron chi connectivity index (χ1n) is 6.96. The van der Waals surface area contributed by atoms with E-state index in [-0.39, 0.29) is 14.9 Å². The number of halogens is 3. The van der Waals surface area contributed by atoms with E-state index in [4.69, 9.17) is 34.8 Å². The highest BCUT2D eigenvalue weighted by atomic mass is 35.5. The molecule has 0 aliphatic rings. The number of sulfonamides is 1. The van der Waals surface area contributed by atoms with Gasteiger partial charge in [0.2, 0.25) is 0 Å². The highest BCUT2D eigenvalue weighted by molar-refractivity contribution is 7.92. The Bertz CT molecular complexity index is 1080. The van der Waals surface area contributed by atoms with E-state index in [0.717, 1.165) is 0 Å². The van der Waals surface area contributed by atoms with E-state index in [9.17, 15) is 13.2 Å². The monoisotopic (exact) mass is 413 g/mol. The second kappa shape index (κ2) is 6.84. The van der Waals surface area contributed by atoms with Gasteiger partial charge in [0.15, 0.2) is 6.29 Å². The van der Waals surface area contributed by atoms with Crippen LogP contribution in [0.5, 0.6) is 0 Å². The molecule has 0 amide bonds. The maximum Gasteiger partial charge on any atom is 0.261 e. The SMILES string of the molecule is O=Cc1ccc2cc(NS(=O)(=O)c3cc(Cl)cc(Cl)c3)ccc2c1Cl. The number of benzene rings is 3. The Morgan fingerprint density at radius 1 is 0.880 bits per heavy atom. The van der Waals surface area contributed by atoms with Gasteiger partial charge in [0.25, 0.3) is 10.0 Å². The lowest BCUT2D eigenvalue weighted by Gasteiger charge is -2.11. The fourth-order valence-electron chi connectivity index (χ4n) is 2.36. The topological polar surface area (TPSA) is 63.2 Å². The van der Waals surface area contributed by atoms with Gasteiger partial charge in [-0.05, 0) is 41.8 Å². The highest BCUT2D eigenvalue weighted by Crippen LogP contribution is 2.30. The molecule has 4 nitrogen and oxygen atoms in total. The lowest BCUT2D eigenvalue weighted by atomic mass is 10.1. The van der Waals surface area contributed by atoms with Crippen LogP contribution in [-0.4, -0.2) is 14.7 Å². The van der Waals surface area contributed by atoms with Crippen molar-refractivity contribution in [1.29, 1.82) is 0 Å². The molecule has 0 bridgehead atoms. The molecule has 0 aromatic heterocycles. The van der Waals surface area contributed by atoms with Crippen LogP contribution in [0.2, 0.25) is 15.1 Å². The number of fused-ring (bicyclic) bond motifs is 1. The lowest BCUT2D eigenvalue weighted by molar-refractivity contribution is 0.112. The van der Waals surface area contributed by atoms with Gasteiger partial charge in [-0.25, -0.2) is 8.42 Å². The Hall–Kier alpha value is -1.79. The van der Waals surface area contributed by atoms with Crippen LogP contribution in [0.25, 0.3) is 10.8 Å². The van der Waals surface area contributed by atoms with E-state index in [1.807, 2.05) is 0 Å². The van der Waals surface area contributed by atoms with Crippen LogP contribution in [0.4, 0.5) is 5.69 Å². The fourth-order valence-corrected chi connectivity index (χ4v) is 4.42. The number of rotatable bonds is 4. The fraction of sp³-hybridized carbons (Fsp3) is 0. The molecule has 3 rings (SSSR count). The Balaban J connectivity index is 2.01. The van der Waals surface area contributed by atoms with Gasteiger partial charge in [-0.1, -0.05) is 46.9 Å². The van der Waals surface area contributed by atoms with Crippen molar-refractivity contribution in [3.05, 3.63) is 69.2 Å². The first-order chi connectivity index (χ1) is 11.8. The Morgan fingerprint density at radius 2 is 1.56 bits per heavy atom. The zero-order valence-corrected chi connectivity index (χ0v) is 15.5. The molecule has 1 N–H and O–H groups in total. The van der Waals surface area contributed by atoms with Gasteiger partial charge in [0.05, 0.1) is 9.92 Å². The molecule has 0 unspecified atom stereocenters. The van der Waals surface area contributed by atoms with Gasteiger partial charge in [0, 0.05) is 26.7 Å². The highest BCUT2D eigenvalue weighted by Gasteiger charge is 2.16. The smallest absolute Gasteiger partial charge is 0.261 e. The number of aldehydes is 1. The van der Waals surface area contributed by atoms with Crippen LogP contribution in [0, 0.1) is 0 Å². The second-order valence-corrected chi connectivity index (χ2v) is 8.17. The summed E-state index contributed by atoms with van der Waals surface area (Å²) in [5.74, 6) is 0. The van der Waals surface area contributed by atoms with Crippen LogP contribution >= 0.6 is 34.8 Å². The van der Waals surface area contributed by atoms with Gasteiger partial charge in [0.1, 0.15) is 0 Å². The molecule has 0 radical (unpaired) electrons. The average Bonchev–Trinajstić information content (AvgIpc) is 2.54. The second-order valence-electron chi connectivity index (χ2n) is 5.23. The summed E-state index contributed by atoms with van der Waals surface area (Å²) >= 11 is 17.9. The molecular formula is C17H10Cl3NO3S.